The summed E-state index contributed by atoms with van der Waals surface area (Å²) in [5.41, 5.74) is 2.73. The van der Waals surface area contributed by atoms with Gasteiger partial charge in [0, 0.05) is 26.3 Å². The number of esters is 2. The molecule has 1 fully saturated rings. The van der Waals surface area contributed by atoms with Gasteiger partial charge in [-0.3, -0.25) is 14.2 Å². The monoisotopic (exact) mass is 746 g/mol. The molecular formula is C35H42N10O7S. The summed E-state index contributed by atoms with van der Waals surface area (Å²) in [5, 5.41) is 15.9. The van der Waals surface area contributed by atoms with Gasteiger partial charge >= 0.3 is 11.9 Å². The van der Waals surface area contributed by atoms with E-state index in [-0.39, 0.29) is 41.4 Å². The van der Waals surface area contributed by atoms with Gasteiger partial charge in [0.05, 0.1) is 25.2 Å². The average molecular weight is 747 g/mol. The van der Waals surface area contributed by atoms with Gasteiger partial charge in [-0.05, 0) is 29.2 Å². The molecule has 0 unspecified atom stereocenters. The molecular weight excluding hydrogens is 705 g/mol. The highest BCUT2D eigenvalue weighted by atomic mass is 32.2. The maximum absolute atomic E-state index is 12.9. The van der Waals surface area contributed by atoms with Gasteiger partial charge < -0.3 is 19.5 Å². The van der Waals surface area contributed by atoms with Crippen molar-refractivity contribution in [1.29, 1.82) is 0 Å². The molecule has 3 aromatic heterocycles. The van der Waals surface area contributed by atoms with Crippen LogP contribution < -0.4 is 10.0 Å². The maximum Gasteiger partial charge on any atom is 0.303 e. The van der Waals surface area contributed by atoms with E-state index in [1.165, 1.54) is 29.5 Å². The van der Waals surface area contributed by atoms with Gasteiger partial charge in [-0.25, -0.2) is 28.1 Å². The largest absolute Gasteiger partial charge is 0.455 e. The second-order valence-electron chi connectivity index (χ2n) is 13.0. The van der Waals surface area contributed by atoms with Crippen molar-refractivity contribution in [3.8, 4) is 0 Å². The van der Waals surface area contributed by atoms with Crippen molar-refractivity contribution in [2.75, 3.05) is 17.6 Å². The van der Waals surface area contributed by atoms with Gasteiger partial charge in [0.2, 0.25) is 15.8 Å². The minimum absolute atomic E-state index is 0.0797. The highest BCUT2D eigenvalue weighted by Crippen LogP contribution is 2.42. The molecule has 6 rings (SSSR count). The molecule has 17 nitrogen and oxygen atoms in total. The standard InChI is InChI=1S/C35H42N10O7S/c1-6-45-42-33(41-43-45)30-29(50-22(4)46)31(51-23(5)47)35(52-30)44-20-37-28-32(39-27(40-34(28)44)18-38-53(48,49)19-21(2)3)36-17-26(24-13-9-7-10-14-24)25-15-11-8-12-16-25/h7-16,20-21,26,29-31,35,38H,6,17-19H2,1-5H3,(H,36,39,40)/t29-,30+,31-,35-/m1/s1. The van der Waals surface area contributed by atoms with Crippen molar-refractivity contribution in [3.63, 3.8) is 0 Å². The first kappa shape index (κ1) is 37.4. The number of nitrogens with zero attached hydrogens (tertiary/aromatic N) is 8. The number of hydrogen-bond acceptors (Lipinski definition) is 14. The smallest absolute Gasteiger partial charge is 0.303 e. The van der Waals surface area contributed by atoms with Crippen LogP contribution in [0.1, 0.15) is 75.6 Å². The minimum atomic E-state index is -3.66. The lowest BCUT2D eigenvalue weighted by atomic mass is 9.91. The van der Waals surface area contributed by atoms with Gasteiger partial charge in [0.1, 0.15) is 5.82 Å². The highest BCUT2D eigenvalue weighted by Gasteiger charge is 2.53. The first-order valence-electron chi connectivity index (χ1n) is 17.2. The SMILES string of the molecule is CCn1nnc([C@H]2O[C@@H](n3cnc4c(NCC(c5ccccc5)c5ccccc5)nc(CNS(=O)(=O)CC(C)C)nc43)[C@H](OC(C)=O)[C@@H]2OC(C)=O)n1. The summed E-state index contributed by atoms with van der Waals surface area (Å²) in [6, 6.07) is 20.0. The molecule has 18 heteroatoms. The van der Waals surface area contributed by atoms with Crippen LogP contribution in [0, 0.1) is 5.92 Å². The Hall–Kier alpha value is -5.33. The zero-order chi connectivity index (χ0) is 37.7. The molecule has 0 saturated carbocycles. The molecule has 2 N–H and O–H groups in total. The van der Waals surface area contributed by atoms with Crippen LogP contribution in [0.2, 0.25) is 0 Å². The molecule has 1 aliphatic heterocycles. The zero-order valence-electron chi connectivity index (χ0n) is 30.0. The Balaban J connectivity index is 1.43. The summed E-state index contributed by atoms with van der Waals surface area (Å²) in [5.74, 6) is -0.961. The number of fused-ring (bicyclic) bond motifs is 1. The Bertz CT molecular complexity index is 2100. The third-order valence-corrected chi connectivity index (χ3v) is 10.1. The molecule has 0 aliphatic carbocycles. The molecule has 0 spiro atoms. The van der Waals surface area contributed by atoms with Crippen LogP contribution in [0.25, 0.3) is 11.2 Å². The first-order valence-corrected chi connectivity index (χ1v) is 18.9. The Morgan fingerprint density at radius 2 is 1.58 bits per heavy atom. The zero-order valence-corrected chi connectivity index (χ0v) is 30.8. The quantitative estimate of drug-likeness (QED) is 0.148. The van der Waals surface area contributed by atoms with Gasteiger partial charge in [-0.2, -0.15) is 4.80 Å². The van der Waals surface area contributed by atoms with Crippen LogP contribution in [0.4, 0.5) is 5.82 Å². The number of sulfonamides is 1. The summed E-state index contributed by atoms with van der Waals surface area (Å²) >= 11 is 0. The maximum atomic E-state index is 12.9. The van der Waals surface area contributed by atoms with E-state index in [2.05, 4.69) is 54.7 Å². The number of carbonyl (C=O) groups is 2. The van der Waals surface area contributed by atoms with E-state index >= 15 is 0 Å². The Morgan fingerprint density at radius 3 is 2.17 bits per heavy atom. The number of nitrogens with one attached hydrogen (secondary N) is 2. The summed E-state index contributed by atoms with van der Waals surface area (Å²) < 4.78 is 47.7. The number of tetrazole rings is 1. The van der Waals surface area contributed by atoms with Crippen LogP contribution in [-0.4, -0.2) is 84.6 Å². The molecule has 1 saturated heterocycles. The molecule has 2 aromatic carbocycles. The number of aryl methyl sites for hydroxylation is 1. The topological polar surface area (TPSA) is 207 Å². The third kappa shape index (κ3) is 8.83. The average Bonchev–Trinajstić information content (AvgIpc) is 3.85. The van der Waals surface area contributed by atoms with Crippen LogP contribution in [-0.2, 0) is 46.9 Å². The lowest BCUT2D eigenvalue weighted by molar-refractivity contribution is -0.165. The number of carbonyl (C=O) groups excluding carboxylic acids is 2. The summed E-state index contributed by atoms with van der Waals surface area (Å²) in [7, 11) is -3.66. The van der Waals surface area contributed by atoms with Crippen LogP contribution in [0.15, 0.2) is 67.0 Å². The molecule has 280 valence electrons. The minimum Gasteiger partial charge on any atom is -0.455 e. The molecule has 5 aromatic rings. The van der Waals surface area contributed by atoms with Crippen LogP contribution >= 0.6 is 0 Å². The Kier molecular flexibility index (Phi) is 11.4. The van der Waals surface area contributed by atoms with Gasteiger partial charge in [0.25, 0.3) is 0 Å². The molecule has 0 bridgehead atoms. The van der Waals surface area contributed by atoms with Crippen molar-refractivity contribution in [2.45, 2.75) is 78.2 Å². The van der Waals surface area contributed by atoms with Gasteiger partial charge in [-0.1, -0.05) is 74.5 Å². The van der Waals surface area contributed by atoms with Crippen molar-refractivity contribution >= 4 is 38.9 Å². The van der Waals surface area contributed by atoms with Crippen molar-refractivity contribution in [1.82, 2.24) is 44.4 Å². The van der Waals surface area contributed by atoms with Crippen LogP contribution in [0.3, 0.4) is 0 Å². The second kappa shape index (κ2) is 16.1. The lowest BCUT2D eigenvalue weighted by Gasteiger charge is -2.23. The van der Waals surface area contributed by atoms with Crippen molar-refractivity contribution < 1.29 is 32.2 Å². The van der Waals surface area contributed by atoms with E-state index in [0.717, 1.165) is 11.1 Å². The van der Waals surface area contributed by atoms with Gasteiger partial charge in [-0.15, -0.1) is 10.2 Å². The first-order chi connectivity index (χ1) is 25.4. The lowest BCUT2D eigenvalue weighted by Crippen LogP contribution is -2.37. The highest BCUT2D eigenvalue weighted by molar-refractivity contribution is 7.89. The normalized spacial score (nSPS) is 18.8. The number of rotatable bonds is 15. The second-order valence-corrected chi connectivity index (χ2v) is 14.8. The number of imidazole rings is 1. The Labute approximate surface area is 306 Å². The van der Waals surface area contributed by atoms with E-state index in [0.29, 0.717) is 24.4 Å². The predicted octanol–water partition coefficient (Wildman–Crippen LogP) is 3.29. The Morgan fingerprint density at radius 1 is 0.943 bits per heavy atom. The van der Waals surface area contributed by atoms with Crippen molar-refractivity contribution in [2.24, 2.45) is 5.92 Å². The van der Waals surface area contributed by atoms with Crippen molar-refractivity contribution in [3.05, 3.63) is 89.8 Å². The van der Waals surface area contributed by atoms with E-state index in [4.69, 9.17) is 24.2 Å². The number of ether oxygens (including phenoxy) is 3. The van der Waals surface area contributed by atoms with E-state index < -0.39 is 46.5 Å². The van der Waals surface area contributed by atoms with E-state index in [9.17, 15) is 18.0 Å². The number of aromatic nitrogens is 8. The summed E-state index contributed by atoms with van der Waals surface area (Å²) in [4.78, 5) is 40.2. The number of hydrogen-bond donors (Lipinski definition) is 2. The van der Waals surface area contributed by atoms with Crippen LogP contribution in [0.5, 0.6) is 0 Å². The van der Waals surface area contributed by atoms with Gasteiger partial charge in [0.15, 0.2) is 41.5 Å². The third-order valence-electron chi connectivity index (χ3n) is 8.42. The fourth-order valence-corrected chi connectivity index (χ4v) is 7.58. The fourth-order valence-electron chi connectivity index (χ4n) is 6.23. The molecule has 53 heavy (non-hydrogen) atoms. The summed E-state index contributed by atoms with van der Waals surface area (Å²) in [6.07, 6.45) is -3.11. The fraction of sp³-hybridized carbons (Fsp3) is 0.429. The van der Waals surface area contributed by atoms with E-state index in [1.54, 1.807) is 0 Å². The molecule has 0 amide bonds. The molecule has 4 heterocycles. The number of anilines is 1. The summed E-state index contributed by atoms with van der Waals surface area (Å²) in [6.45, 7) is 8.53. The molecule has 0 radical (unpaired) electrons. The predicted molar refractivity (Wildman–Crippen MR) is 191 cm³/mol. The number of benzene rings is 2. The van der Waals surface area contributed by atoms with E-state index in [1.807, 2.05) is 57.2 Å². The molecule has 1 aliphatic rings. The molecule has 4 atom stereocenters.